The molecule has 1 saturated heterocycles. The summed E-state index contributed by atoms with van der Waals surface area (Å²) >= 11 is 0. The van der Waals surface area contributed by atoms with Gasteiger partial charge >= 0.3 is 0 Å². The van der Waals surface area contributed by atoms with Gasteiger partial charge in [0.25, 0.3) is 5.91 Å². The number of nitrogens with one attached hydrogen (secondary N) is 1. The van der Waals surface area contributed by atoms with Crippen molar-refractivity contribution in [1.82, 2.24) is 15.2 Å². The van der Waals surface area contributed by atoms with E-state index in [9.17, 15) is 9.59 Å². The van der Waals surface area contributed by atoms with Gasteiger partial charge in [-0.1, -0.05) is 0 Å². The molecule has 0 aliphatic carbocycles. The molecule has 0 bridgehead atoms. The van der Waals surface area contributed by atoms with Crippen LogP contribution in [0.25, 0.3) is 0 Å². The van der Waals surface area contributed by atoms with Crippen LogP contribution in [0.5, 0.6) is 0 Å². The van der Waals surface area contributed by atoms with Crippen LogP contribution in [0.2, 0.25) is 0 Å². The summed E-state index contributed by atoms with van der Waals surface area (Å²) in [6.07, 6.45) is 4.72. The Hall–Kier alpha value is -2.15. The number of rotatable bonds is 5. The van der Waals surface area contributed by atoms with Gasteiger partial charge in [0.2, 0.25) is 5.91 Å². The zero-order valence-electron chi connectivity index (χ0n) is 13.3. The van der Waals surface area contributed by atoms with Crippen LogP contribution in [-0.2, 0) is 9.59 Å². The number of hydrogen-bond donors (Lipinski definition) is 1. The highest BCUT2D eigenvalue weighted by Crippen LogP contribution is 2.24. The maximum absolute atomic E-state index is 12.3. The molecule has 7 heteroatoms. The zero-order valence-corrected chi connectivity index (χ0v) is 13.3. The van der Waals surface area contributed by atoms with Gasteiger partial charge in [-0.15, -0.1) is 0 Å². The minimum atomic E-state index is -0.208. The van der Waals surface area contributed by atoms with Gasteiger partial charge in [-0.05, 0) is 38.1 Å². The lowest BCUT2D eigenvalue weighted by molar-refractivity contribution is -0.130. The average molecular weight is 318 g/mol. The van der Waals surface area contributed by atoms with Crippen molar-refractivity contribution in [2.75, 3.05) is 26.7 Å². The smallest absolute Gasteiger partial charge is 0.267 e. The van der Waals surface area contributed by atoms with E-state index in [1.54, 1.807) is 13.3 Å². The van der Waals surface area contributed by atoms with Crippen molar-refractivity contribution in [3.05, 3.63) is 24.2 Å². The third kappa shape index (κ3) is 3.61. The first-order chi connectivity index (χ1) is 11.1. The Morgan fingerprint density at radius 3 is 2.83 bits per heavy atom. The van der Waals surface area contributed by atoms with Crippen LogP contribution in [0.4, 0.5) is 0 Å². The lowest BCUT2D eigenvalue weighted by Gasteiger charge is -2.26. The number of furan rings is 1. The van der Waals surface area contributed by atoms with E-state index in [-0.39, 0.29) is 17.9 Å². The van der Waals surface area contributed by atoms with Gasteiger partial charge in [-0.2, -0.15) is 5.10 Å². The van der Waals surface area contributed by atoms with Gasteiger partial charge in [0.05, 0.1) is 12.3 Å². The van der Waals surface area contributed by atoms with E-state index >= 15 is 0 Å². The number of carbonyl (C=O) groups excluding carboxylic acids is 2. The van der Waals surface area contributed by atoms with E-state index in [1.807, 2.05) is 12.1 Å². The minimum absolute atomic E-state index is 0.0417. The fraction of sp³-hybridized carbons (Fsp3) is 0.562. The highest BCUT2D eigenvalue weighted by molar-refractivity contribution is 6.39. The largest absolute Gasteiger partial charge is 0.468 e. The third-order valence-electron chi connectivity index (χ3n) is 4.38. The summed E-state index contributed by atoms with van der Waals surface area (Å²) in [5.41, 5.74) is 0.409. The number of nitrogens with zero attached hydrogens (tertiary/aromatic N) is 3. The molecule has 2 aliphatic rings. The van der Waals surface area contributed by atoms with Crippen LogP contribution in [0.15, 0.2) is 27.9 Å². The third-order valence-corrected chi connectivity index (χ3v) is 4.38. The number of hydrogen-bond acceptors (Lipinski definition) is 5. The lowest BCUT2D eigenvalue weighted by atomic mass is 10.1. The quantitative estimate of drug-likeness (QED) is 0.883. The Morgan fingerprint density at radius 1 is 1.39 bits per heavy atom. The first-order valence-corrected chi connectivity index (χ1v) is 8.05. The fourth-order valence-corrected chi connectivity index (χ4v) is 3.07. The maximum Gasteiger partial charge on any atom is 0.267 e. The normalized spacial score (nSPS) is 20.5. The molecule has 3 heterocycles. The van der Waals surface area contributed by atoms with Crippen molar-refractivity contribution in [2.45, 2.75) is 31.7 Å². The Bertz CT molecular complexity index is 590. The Labute approximate surface area is 135 Å². The SMILES string of the molecule is CN1N=C(C(=O)NC[C@H](c2ccco2)N2CCCC2)CCC1=O. The molecule has 1 aromatic rings. The van der Waals surface area contributed by atoms with Gasteiger partial charge < -0.3 is 9.73 Å². The van der Waals surface area contributed by atoms with Gasteiger partial charge in [-0.3, -0.25) is 14.5 Å². The Kier molecular flexibility index (Phi) is 4.76. The maximum atomic E-state index is 12.3. The molecule has 23 heavy (non-hydrogen) atoms. The first-order valence-electron chi connectivity index (χ1n) is 8.05. The van der Waals surface area contributed by atoms with Crippen LogP contribution in [0.3, 0.4) is 0 Å². The van der Waals surface area contributed by atoms with E-state index in [1.165, 1.54) is 17.9 Å². The lowest BCUT2D eigenvalue weighted by Crippen LogP contribution is -2.41. The van der Waals surface area contributed by atoms with Crippen molar-refractivity contribution in [3.63, 3.8) is 0 Å². The van der Waals surface area contributed by atoms with Crippen LogP contribution < -0.4 is 5.32 Å². The predicted molar refractivity (Wildman–Crippen MR) is 84.7 cm³/mol. The molecule has 1 fully saturated rings. The first kappa shape index (κ1) is 15.7. The van der Waals surface area contributed by atoms with E-state index in [0.29, 0.717) is 25.1 Å². The Morgan fingerprint density at radius 2 is 2.17 bits per heavy atom. The van der Waals surface area contributed by atoms with Crippen LogP contribution in [-0.4, -0.2) is 54.1 Å². The summed E-state index contributed by atoms with van der Waals surface area (Å²) in [5, 5.41) is 8.24. The average Bonchev–Trinajstić information content (AvgIpc) is 3.24. The molecule has 1 aromatic heterocycles. The summed E-state index contributed by atoms with van der Waals surface area (Å²) in [6.45, 7) is 2.50. The fourth-order valence-electron chi connectivity index (χ4n) is 3.07. The van der Waals surface area contributed by atoms with E-state index in [2.05, 4.69) is 15.3 Å². The number of amides is 2. The van der Waals surface area contributed by atoms with E-state index in [0.717, 1.165) is 18.8 Å². The summed E-state index contributed by atoms with van der Waals surface area (Å²) in [7, 11) is 1.57. The van der Waals surface area contributed by atoms with Crippen LogP contribution in [0, 0.1) is 0 Å². The molecule has 3 rings (SSSR count). The second-order valence-corrected chi connectivity index (χ2v) is 5.95. The molecule has 2 amide bonds. The van der Waals surface area contributed by atoms with Gasteiger partial charge in [0, 0.05) is 26.4 Å². The van der Waals surface area contributed by atoms with Crippen molar-refractivity contribution in [2.24, 2.45) is 5.10 Å². The van der Waals surface area contributed by atoms with Crippen molar-refractivity contribution in [1.29, 1.82) is 0 Å². The van der Waals surface area contributed by atoms with Crippen molar-refractivity contribution < 1.29 is 14.0 Å². The second-order valence-electron chi connectivity index (χ2n) is 5.95. The zero-order chi connectivity index (χ0) is 16.2. The van der Waals surface area contributed by atoms with Gasteiger partial charge in [0.1, 0.15) is 11.5 Å². The number of hydrazone groups is 1. The minimum Gasteiger partial charge on any atom is -0.468 e. The number of carbonyl (C=O) groups is 2. The molecule has 124 valence electrons. The van der Waals surface area contributed by atoms with Crippen LogP contribution >= 0.6 is 0 Å². The molecule has 0 unspecified atom stereocenters. The summed E-state index contributed by atoms with van der Waals surface area (Å²) < 4.78 is 5.54. The molecule has 0 spiro atoms. The molecule has 2 aliphatic heterocycles. The molecule has 1 N–H and O–H groups in total. The molecule has 0 radical (unpaired) electrons. The second kappa shape index (κ2) is 6.95. The highest BCUT2D eigenvalue weighted by Gasteiger charge is 2.27. The van der Waals surface area contributed by atoms with Gasteiger partial charge in [0.15, 0.2) is 0 Å². The Balaban J connectivity index is 1.63. The predicted octanol–water partition coefficient (Wildman–Crippen LogP) is 1.14. The molecular formula is C16H22N4O3. The topological polar surface area (TPSA) is 78.2 Å². The molecular weight excluding hydrogens is 296 g/mol. The molecule has 1 atom stereocenters. The summed E-state index contributed by atoms with van der Waals surface area (Å²) in [5.74, 6) is 0.595. The molecule has 0 saturated carbocycles. The highest BCUT2D eigenvalue weighted by atomic mass is 16.3. The summed E-state index contributed by atoms with van der Waals surface area (Å²) in [4.78, 5) is 26.1. The van der Waals surface area contributed by atoms with Crippen molar-refractivity contribution in [3.8, 4) is 0 Å². The molecule has 0 aromatic carbocycles. The van der Waals surface area contributed by atoms with Crippen molar-refractivity contribution >= 4 is 17.5 Å². The summed E-state index contributed by atoms with van der Waals surface area (Å²) in [6, 6.07) is 3.85. The standard InChI is InChI=1S/C16H22N4O3/c1-19-15(21)7-6-12(18-19)16(22)17-11-13(14-5-4-10-23-14)20-8-2-3-9-20/h4-5,10,13H,2-3,6-9,11H2,1H3,(H,17,22)/t13-/m1/s1. The molecule has 7 nitrogen and oxygen atoms in total. The van der Waals surface area contributed by atoms with Gasteiger partial charge in [-0.25, -0.2) is 5.01 Å². The van der Waals surface area contributed by atoms with Crippen LogP contribution in [0.1, 0.15) is 37.5 Å². The van der Waals surface area contributed by atoms with E-state index < -0.39 is 0 Å². The monoisotopic (exact) mass is 318 g/mol. The van der Waals surface area contributed by atoms with E-state index in [4.69, 9.17) is 4.42 Å². The number of likely N-dealkylation sites (tertiary alicyclic amines) is 1.